The van der Waals surface area contributed by atoms with Crippen molar-refractivity contribution in [3.8, 4) is 23.0 Å². The first kappa shape index (κ1) is 24.0. The standard InChI is InChI=1S/C25H28O5S2/c1-15(2)9-12-20(32-25(26)21-8-7-13-31-21)16-14-19(29-5)22-17(27-3)10-11-18(28-4)23(22)24(16)30-6/h7-11,13-14,20H,12H2,1-6H3. The number of rotatable bonds is 9. The average molecular weight is 473 g/mol. The zero-order chi connectivity index (χ0) is 23.3. The monoisotopic (exact) mass is 472 g/mol. The lowest BCUT2D eigenvalue weighted by atomic mass is 9.98. The van der Waals surface area contributed by atoms with Crippen LogP contribution in [0.15, 0.2) is 47.4 Å². The second kappa shape index (κ2) is 10.8. The highest BCUT2D eigenvalue weighted by Gasteiger charge is 2.27. The number of allylic oxidation sites excluding steroid dienone is 2. The number of carbonyl (C=O) groups excluding carboxylic acids is 1. The average Bonchev–Trinajstić information content (AvgIpc) is 3.34. The first-order chi connectivity index (χ1) is 15.4. The third kappa shape index (κ3) is 4.89. The lowest BCUT2D eigenvalue weighted by molar-refractivity contribution is 0.109. The largest absolute Gasteiger partial charge is 0.496 e. The molecule has 0 radical (unpaired) electrons. The second-order valence-corrected chi connectivity index (χ2v) is 9.43. The van der Waals surface area contributed by atoms with Gasteiger partial charge in [-0.1, -0.05) is 29.5 Å². The van der Waals surface area contributed by atoms with E-state index in [0.717, 1.165) is 21.2 Å². The van der Waals surface area contributed by atoms with E-state index in [2.05, 4.69) is 19.9 Å². The van der Waals surface area contributed by atoms with Gasteiger partial charge in [0, 0.05) is 10.8 Å². The smallest absolute Gasteiger partial charge is 0.229 e. The van der Waals surface area contributed by atoms with Crippen molar-refractivity contribution in [2.24, 2.45) is 0 Å². The van der Waals surface area contributed by atoms with E-state index < -0.39 is 0 Å². The minimum Gasteiger partial charge on any atom is -0.496 e. The van der Waals surface area contributed by atoms with E-state index in [4.69, 9.17) is 18.9 Å². The van der Waals surface area contributed by atoms with Gasteiger partial charge >= 0.3 is 0 Å². The van der Waals surface area contributed by atoms with Crippen LogP contribution in [-0.4, -0.2) is 33.6 Å². The first-order valence-electron chi connectivity index (χ1n) is 10.1. The van der Waals surface area contributed by atoms with Gasteiger partial charge in [0.2, 0.25) is 5.12 Å². The summed E-state index contributed by atoms with van der Waals surface area (Å²) in [4.78, 5) is 13.7. The van der Waals surface area contributed by atoms with Crippen LogP contribution >= 0.6 is 23.1 Å². The molecule has 0 aliphatic carbocycles. The molecule has 3 rings (SSSR count). The number of carbonyl (C=O) groups is 1. The molecule has 0 saturated carbocycles. The van der Waals surface area contributed by atoms with Crippen LogP contribution in [0.1, 0.15) is 40.8 Å². The van der Waals surface area contributed by atoms with Gasteiger partial charge in [0.25, 0.3) is 0 Å². The fourth-order valence-corrected chi connectivity index (χ4v) is 5.36. The summed E-state index contributed by atoms with van der Waals surface area (Å²) in [5, 5.41) is 3.30. The normalized spacial score (nSPS) is 11.7. The van der Waals surface area contributed by atoms with Crippen LogP contribution < -0.4 is 18.9 Å². The number of hydrogen-bond donors (Lipinski definition) is 0. The molecule has 0 amide bonds. The predicted octanol–water partition coefficient (Wildman–Crippen LogP) is 6.91. The molecule has 3 aromatic rings. The summed E-state index contributed by atoms with van der Waals surface area (Å²) < 4.78 is 23.0. The highest BCUT2D eigenvalue weighted by Crippen LogP contribution is 2.51. The SMILES string of the molecule is COc1ccc(OC)c2c(OC)c(C(CC=C(C)C)SC(=O)c3cccs3)cc(OC)c12. The topological polar surface area (TPSA) is 54.0 Å². The molecular formula is C25H28O5S2. The Morgan fingerprint density at radius 1 is 0.969 bits per heavy atom. The maximum Gasteiger partial charge on any atom is 0.229 e. The van der Waals surface area contributed by atoms with Crippen LogP contribution in [0.3, 0.4) is 0 Å². The molecule has 0 N–H and O–H groups in total. The Balaban J connectivity index is 2.26. The first-order valence-corrected chi connectivity index (χ1v) is 11.9. The molecule has 0 saturated heterocycles. The zero-order valence-corrected chi connectivity index (χ0v) is 20.8. The van der Waals surface area contributed by atoms with Crippen molar-refractivity contribution in [1.29, 1.82) is 0 Å². The Kier molecular flexibility index (Phi) is 8.10. The van der Waals surface area contributed by atoms with Crippen LogP contribution in [-0.2, 0) is 0 Å². The van der Waals surface area contributed by atoms with Crippen molar-refractivity contribution >= 4 is 39.0 Å². The third-order valence-corrected chi connectivity index (χ3v) is 7.24. The van der Waals surface area contributed by atoms with Crippen LogP contribution in [0.25, 0.3) is 10.8 Å². The van der Waals surface area contributed by atoms with E-state index >= 15 is 0 Å². The number of thiophene rings is 1. The van der Waals surface area contributed by atoms with Crippen LogP contribution in [0, 0.1) is 0 Å². The molecule has 0 aliphatic heterocycles. The molecule has 32 heavy (non-hydrogen) atoms. The quantitative estimate of drug-likeness (QED) is 0.316. The van der Waals surface area contributed by atoms with E-state index in [0.29, 0.717) is 29.4 Å². The molecule has 1 unspecified atom stereocenters. The van der Waals surface area contributed by atoms with Gasteiger partial charge < -0.3 is 18.9 Å². The highest BCUT2D eigenvalue weighted by atomic mass is 32.2. The van der Waals surface area contributed by atoms with E-state index in [1.165, 1.54) is 28.7 Å². The minimum atomic E-state index is -0.177. The molecule has 5 nitrogen and oxygen atoms in total. The Morgan fingerprint density at radius 2 is 1.62 bits per heavy atom. The van der Waals surface area contributed by atoms with Gasteiger partial charge in [-0.05, 0) is 49.9 Å². The third-order valence-electron chi connectivity index (χ3n) is 5.07. The van der Waals surface area contributed by atoms with Crippen molar-refractivity contribution in [1.82, 2.24) is 0 Å². The maximum absolute atomic E-state index is 13.0. The molecule has 1 atom stereocenters. The van der Waals surface area contributed by atoms with Gasteiger partial charge in [0.1, 0.15) is 23.0 Å². The molecule has 170 valence electrons. The minimum absolute atomic E-state index is 0.0332. The maximum atomic E-state index is 13.0. The molecule has 0 aliphatic rings. The molecule has 2 aromatic carbocycles. The summed E-state index contributed by atoms with van der Waals surface area (Å²) in [5.41, 5.74) is 2.06. The summed E-state index contributed by atoms with van der Waals surface area (Å²) in [5.74, 6) is 2.59. The molecule has 0 spiro atoms. The summed E-state index contributed by atoms with van der Waals surface area (Å²) in [6.45, 7) is 4.10. The summed E-state index contributed by atoms with van der Waals surface area (Å²) >= 11 is 2.74. The van der Waals surface area contributed by atoms with E-state index in [-0.39, 0.29) is 10.4 Å². The molecule has 1 aromatic heterocycles. The lowest BCUT2D eigenvalue weighted by Gasteiger charge is -2.23. The molecular weight excluding hydrogens is 444 g/mol. The predicted molar refractivity (Wildman–Crippen MR) is 133 cm³/mol. The van der Waals surface area contributed by atoms with Crippen molar-refractivity contribution < 1.29 is 23.7 Å². The van der Waals surface area contributed by atoms with E-state index in [1.54, 1.807) is 28.4 Å². The summed E-state index contributed by atoms with van der Waals surface area (Å²) in [6.07, 6.45) is 2.81. The van der Waals surface area contributed by atoms with Gasteiger partial charge in [0.15, 0.2) is 0 Å². The molecule has 1 heterocycles. The lowest BCUT2D eigenvalue weighted by Crippen LogP contribution is -2.04. The number of fused-ring (bicyclic) bond motifs is 1. The van der Waals surface area contributed by atoms with Crippen molar-refractivity contribution in [3.63, 3.8) is 0 Å². The number of methoxy groups -OCH3 is 4. The van der Waals surface area contributed by atoms with Crippen LogP contribution in [0.2, 0.25) is 0 Å². The zero-order valence-electron chi connectivity index (χ0n) is 19.2. The van der Waals surface area contributed by atoms with Crippen molar-refractivity contribution in [2.75, 3.05) is 28.4 Å². The Morgan fingerprint density at radius 3 is 2.16 bits per heavy atom. The number of hydrogen-bond acceptors (Lipinski definition) is 7. The van der Waals surface area contributed by atoms with E-state index in [9.17, 15) is 4.79 Å². The summed E-state index contributed by atoms with van der Waals surface area (Å²) in [7, 11) is 6.50. The molecule has 0 bridgehead atoms. The fourth-order valence-electron chi connectivity index (χ4n) is 3.58. The van der Waals surface area contributed by atoms with Gasteiger partial charge in [0.05, 0.1) is 44.1 Å². The Hall–Kier alpha value is -2.64. The second-order valence-electron chi connectivity index (χ2n) is 7.31. The van der Waals surface area contributed by atoms with Gasteiger partial charge in [-0.3, -0.25) is 4.79 Å². The van der Waals surface area contributed by atoms with Crippen molar-refractivity contribution in [3.05, 3.63) is 57.8 Å². The van der Waals surface area contributed by atoms with Gasteiger partial charge in [-0.25, -0.2) is 0 Å². The van der Waals surface area contributed by atoms with Gasteiger partial charge in [-0.2, -0.15) is 0 Å². The van der Waals surface area contributed by atoms with Crippen LogP contribution in [0.5, 0.6) is 23.0 Å². The van der Waals surface area contributed by atoms with E-state index in [1.807, 2.05) is 35.7 Å². The summed E-state index contributed by atoms with van der Waals surface area (Å²) in [6, 6.07) is 9.38. The Bertz CT molecular complexity index is 1120. The number of thioether (sulfide) groups is 1. The molecule has 0 fully saturated rings. The number of benzene rings is 2. The highest BCUT2D eigenvalue weighted by molar-refractivity contribution is 8.14. The van der Waals surface area contributed by atoms with Crippen LogP contribution in [0.4, 0.5) is 0 Å². The van der Waals surface area contributed by atoms with Gasteiger partial charge in [-0.15, -0.1) is 11.3 Å². The fraction of sp³-hybridized carbons (Fsp3) is 0.320. The Labute approximate surface area is 197 Å². The molecule has 7 heteroatoms. The van der Waals surface area contributed by atoms with Crippen molar-refractivity contribution in [2.45, 2.75) is 25.5 Å². The number of ether oxygens (including phenoxy) is 4.